The van der Waals surface area contributed by atoms with E-state index in [0.29, 0.717) is 23.7 Å². The van der Waals surface area contributed by atoms with Crippen molar-refractivity contribution in [2.75, 3.05) is 4.90 Å². The molecule has 0 aliphatic rings. The van der Waals surface area contributed by atoms with Gasteiger partial charge in [-0.05, 0) is 42.5 Å². The number of hydrogen-bond donors (Lipinski definition) is 0. The zero-order valence-corrected chi connectivity index (χ0v) is 11.7. The van der Waals surface area contributed by atoms with E-state index in [4.69, 9.17) is 4.42 Å². The van der Waals surface area contributed by atoms with Gasteiger partial charge in [-0.2, -0.15) is 10.2 Å². The fraction of sp³-hybridized carbons (Fsp3) is 0. The number of carbonyl (C=O) groups is 1. The Hall–Kier alpha value is -3.21. The maximum absolute atomic E-state index is 11.2. The number of amides is 1. The molecule has 22 heavy (non-hydrogen) atoms. The minimum Gasteiger partial charge on any atom is -0.448 e. The van der Waals surface area contributed by atoms with Gasteiger partial charge in [0.2, 0.25) is 12.3 Å². The molecule has 0 radical (unpaired) electrons. The minimum absolute atomic E-state index is 0.466. The predicted molar refractivity (Wildman–Crippen MR) is 84.0 cm³/mol. The van der Waals surface area contributed by atoms with Gasteiger partial charge < -0.3 is 4.42 Å². The van der Waals surface area contributed by atoms with Crippen molar-refractivity contribution in [3.05, 3.63) is 73.0 Å². The Balaban J connectivity index is 1.78. The van der Waals surface area contributed by atoms with Crippen molar-refractivity contribution in [3.8, 4) is 0 Å². The normalized spacial score (nSPS) is 10.7. The van der Waals surface area contributed by atoms with Gasteiger partial charge in [0.1, 0.15) is 0 Å². The second-order valence-electron chi connectivity index (χ2n) is 4.48. The lowest BCUT2D eigenvalue weighted by Gasteiger charge is -2.13. The maximum atomic E-state index is 11.2. The molecule has 1 aromatic heterocycles. The number of furan rings is 1. The SMILES string of the molecule is O=CN(c1ccc(/N=N/c2ccccc2)cc1)c1ccco1. The molecule has 3 aromatic rings. The fourth-order valence-corrected chi connectivity index (χ4v) is 1.94. The highest BCUT2D eigenvalue weighted by Crippen LogP contribution is 2.26. The molecular weight excluding hydrogens is 278 g/mol. The summed E-state index contributed by atoms with van der Waals surface area (Å²) in [5, 5.41) is 8.30. The number of anilines is 2. The van der Waals surface area contributed by atoms with E-state index in [9.17, 15) is 4.79 Å². The molecule has 1 heterocycles. The molecule has 0 aliphatic carbocycles. The summed E-state index contributed by atoms with van der Waals surface area (Å²) in [7, 11) is 0. The Morgan fingerprint density at radius 1 is 0.818 bits per heavy atom. The third kappa shape index (κ3) is 3.09. The highest BCUT2D eigenvalue weighted by atomic mass is 16.3. The molecule has 0 fully saturated rings. The lowest BCUT2D eigenvalue weighted by Crippen LogP contribution is -2.12. The summed E-state index contributed by atoms with van der Waals surface area (Å²) < 4.78 is 5.23. The zero-order valence-electron chi connectivity index (χ0n) is 11.7. The van der Waals surface area contributed by atoms with Gasteiger partial charge in [0.15, 0.2) is 0 Å². The number of rotatable bonds is 5. The van der Waals surface area contributed by atoms with Crippen molar-refractivity contribution in [1.29, 1.82) is 0 Å². The van der Waals surface area contributed by atoms with E-state index in [1.54, 1.807) is 36.4 Å². The third-order valence-corrected chi connectivity index (χ3v) is 3.01. The van der Waals surface area contributed by atoms with Gasteiger partial charge in [-0.1, -0.05) is 18.2 Å². The summed E-state index contributed by atoms with van der Waals surface area (Å²) in [5.41, 5.74) is 2.19. The molecule has 5 heteroatoms. The number of benzene rings is 2. The largest absolute Gasteiger partial charge is 0.448 e. The zero-order chi connectivity index (χ0) is 15.2. The van der Waals surface area contributed by atoms with Gasteiger partial charge in [-0.25, -0.2) is 0 Å². The Morgan fingerprint density at radius 2 is 1.50 bits per heavy atom. The third-order valence-electron chi connectivity index (χ3n) is 3.01. The molecule has 0 saturated heterocycles. The molecule has 0 aliphatic heterocycles. The van der Waals surface area contributed by atoms with Crippen LogP contribution in [0, 0.1) is 0 Å². The van der Waals surface area contributed by atoms with Gasteiger partial charge in [-0.3, -0.25) is 9.69 Å². The Labute approximate surface area is 127 Å². The molecule has 1 amide bonds. The average Bonchev–Trinajstić information content (AvgIpc) is 3.10. The molecule has 0 saturated carbocycles. The summed E-state index contributed by atoms with van der Waals surface area (Å²) in [5.74, 6) is 0.466. The van der Waals surface area contributed by atoms with Crippen LogP contribution < -0.4 is 4.90 Å². The number of carbonyl (C=O) groups excluding carboxylic acids is 1. The molecule has 0 spiro atoms. The second kappa shape index (κ2) is 6.49. The molecule has 0 bridgehead atoms. The van der Waals surface area contributed by atoms with E-state index < -0.39 is 0 Å². The van der Waals surface area contributed by atoms with Gasteiger partial charge in [-0.15, -0.1) is 0 Å². The van der Waals surface area contributed by atoms with E-state index >= 15 is 0 Å². The van der Waals surface area contributed by atoms with Crippen LogP contribution in [0.2, 0.25) is 0 Å². The first kappa shape index (κ1) is 13.8. The van der Waals surface area contributed by atoms with Crippen LogP contribution in [-0.4, -0.2) is 6.41 Å². The Kier molecular flexibility index (Phi) is 4.06. The van der Waals surface area contributed by atoms with E-state index in [-0.39, 0.29) is 0 Å². The van der Waals surface area contributed by atoms with Crippen LogP contribution in [0.25, 0.3) is 0 Å². The second-order valence-corrected chi connectivity index (χ2v) is 4.48. The van der Waals surface area contributed by atoms with Crippen LogP contribution in [0.3, 0.4) is 0 Å². The number of azo groups is 1. The van der Waals surface area contributed by atoms with Crippen LogP contribution >= 0.6 is 0 Å². The first-order valence-corrected chi connectivity index (χ1v) is 6.72. The standard InChI is InChI=1S/C17H13N3O2/c21-13-20(17-7-4-12-22-17)16-10-8-15(9-11-16)19-18-14-5-2-1-3-6-14/h1-13H/b19-18+. The summed E-state index contributed by atoms with van der Waals surface area (Å²) >= 11 is 0. The average molecular weight is 291 g/mol. The van der Waals surface area contributed by atoms with E-state index in [0.717, 1.165) is 5.69 Å². The minimum atomic E-state index is 0.466. The van der Waals surface area contributed by atoms with Gasteiger partial charge in [0, 0.05) is 6.07 Å². The summed E-state index contributed by atoms with van der Waals surface area (Å²) in [6.07, 6.45) is 2.23. The van der Waals surface area contributed by atoms with Crippen LogP contribution in [0.4, 0.5) is 22.9 Å². The quantitative estimate of drug-likeness (QED) is 0.491. The van der Waals surface area contributed by atoms with E-state index in [2.05, 4.69) is 10.2 Å². The molecular formula is C17H13N3O2. The number of hydrogen-bond acceptors (Lipinski definition) is 4. The van der Waals surface area contributed by atoms with Gasteiger partial charge in [0.25, 0.3) is 0 Å². The number of nitrogens with zero attached hydrogens (tertiary/aromatic N) is 3. The highest BCUT2D eigenvalue weighted by molar-refractivity contribution is 5.84. The summed E-state index contributed by atoms with van der Waals surface area (Å²) in [6.45, 7) is 0. The van der Waals surface area contributed by atoms with Gasteiger partial charge in [0.05, 0.1) is 23.3 Å². The lowest BCUT2D eigenvalue weighted by atomic mass is 10.2. The van der Waals surface area contributed by atoms with Crippen molar-refractivity contribution < 1.29 is 9.21 Å². The molecule has 0 N–H and O–H groups in total. The fourth-order valence-electron chi connectivity index (χ4n) is 1.94. The monoisotopic (exact) mass is 291 g/mol. The Morgan fingerprint density at radius 3 is 2.09 bits per heavy atom. The maximum Gasteiger partial charge on any atom is 0.221 e. The van der Waals surface area contributed by atoms with Gasteiger partial charge >= 0.3 is 0 Å². The first-order valence-electron chi connectivity index (χ1n) is 6.72. The predicted octanol–water partition coefficient (Wildman–Crippen LogP) is 4.99. The van der Waals surface area contributed by atoms with Crippen molar-refractivity contribution in [1.82, 2.24) is 0 Å². The lowest BCUT2D eigenvalue weighted by molar-refractivity contribution is -0.107. The van der Waals surface area contributed by atoms with E-state index in [1.165, 1.54) is 11.2 Å². The van der Waals surface area contributed by atoms with Crippen LogP contribution in [0.5, 0.6) is 0 Å². The molecule has 3 rings (SSSR count). The topological polar surface area (TPSA) is 58.2 Å². The van der Waals surface area contributed by atoms with E-state index in [1.807, 2.05) is 30.3 Å². The van der Waals surface area contributed by atoms with Crippen molar-refractivity contribution in [2.24, 2.45) is 10.2 Å². The van der Waals surface area contributed by atoms with Crippen LogP contribution in [0.1, 0.15) is 0 Å². The van der Waals surface area contributed by atoms with Crippen LogP contribution in [0.15, 0.2) is 87.6 Å². The molecule has 0 atom stereocenters. The summed E-state index contributed by atoms with van der Waals surface area (Å²) in [6, 6.07) is 20.1. The smallest absolute Gasteiger partial charge is 0.221 e. The van der Waals surface area contributed by atoms with Crippen molar-refractivity contribution in [3.63, 3.8) is 0 Å². The molecule has 5 nitrogen and oxygen atoms in total. The summed E-state index contributed by atoms with van der Waals surface area (Å²) in [4.78, 5) is 12.6. The van der Waals surface area contributed by atoms with Crippen molar-refractivity contribution in [2.45, 2.75) is 0 Å². The van der Waals surface area contributed by atoms with Crippen molar-refractivity contribution >= 4 is 29.4 Å². The molecule has 0 unspecified atom stereocenters. The molecule has 108 valence electrons. The Bertz CT molecular complexity index is 750. The molecule has 2 aromatic carbocycles. The first-order chi connectivity index (χ1) is 10.9. The highest BCUT2D eigenvalue weighted by Gasteiger charge is 2.10. The van der Waals surface area contributed by atoms with Crippen LogP contribution in [-0.2, 0) is 4.79 Å².